The number of ether oxygens (including phenoxy) is 1. The van der Waals surface area contributed by atoms with Gasteiger partial charge in [-0.3, -0.25) is 14.7 Å². The highest BCUT2D eigenvalue weighted by Crippen LogP contribution is 2.40. The van der Waals surface area contributed by atoms with E-state index in [1.807, 2.05) is 4.90 Å². The standard InChI is InChI=1S/C28H26F4N2O4/c1-38-18-4-5-23-19(15-18)25(22(31)16-33-23)24(35)6-7-28(27(36)37)8-11-34(12-9-28)10-2-3-17-13-20(29)26(32)21(30)14-17/h4-5,13-16,24,35H,6-12H2,1H3,(H,36,37)/t24-/m0/s1. The maximum absolute atomic E-state index is 14.7. The van der Waals surface area contributed by atoms with E-state index in [0.717, 1.165) is 18.3 Å². The zero-order chi connectivity index (χ0) is 27.4. The third-order valence-electron chi connectivity index (χ3n) is 7.08. The number of benzene rings is 2. The molecule has 0 unspecified atom stereocenters. The summed E-state index contributed by atoms with van der Waals surface area (Å²) in [6, 6.07) is 6.55. The average molecular weight is 531 g/mol. The smallest absolute Gasteiger partial charge is 0.309 e. The molecule has 2 N–H and O–H groups in total. The zero-order valence-corrected chi connectivity index (χ0v) is 20.6. The quantitative estimate of drug-likeness (QED) is 0.259. The number of carbonyl (C=O) groups is 1. The highest BCUT2D eigenvalue weighted by atomic mass is 19.2. The number of methoxy groups -OCH3 is 1. The van der Waals surface area contributed by atoms with Gasteiger partial charge in [-0.2, -0.15) is 0 Å². The molecule has 200 valence electrons. The fraction of sp³-hybridized carbons (Fsp3) is 0.357. The minimum absolute atomic E-state index is 0.000711. The summed E-state index contributed by atoms with van der Waals surface area (Å²) in [6.45, 7) is 1.02. The summed E-state index contributed by atoms with van der Waals surface area (Å²) in [4.78, 5) is 18.2. The van der Waals surface area contributed by atoms with Gasteiger partial charge in [-0.25, -0.2) is 17.6 Å². The molecule has 2 heterocycles. The van der Waals surface area contributed by atoms with Crippen molar-refractivity contribution < 1.29 is 37.3 Å². The summed E-state index contributed by atoms with van der Waals surface area (Å²) in [5.41, 5.74) is -0.572. The van der Waals surface area contributed by atoms with Crippen molar-refractivity contribution in [3.05, 3.63) is 70.9 Å². The number of piperidine rings is 1. The van der Waals surface area contributed by atoms with Gasteiger partial charge in [-0.05, 0) is 56.0 Å². The molecule has 0 radical (unpaired) electrons. The van der Waals surface area contributed by atoms with Gasteiger partial charge in [0, 0.05) is 29.6 Å². The van der Waals surface area contributed by atoms with Crippen molar-refractivity contribution in [3.8, 4) is 17.6 Å². The summed E-state index contributed by atoms with van der Waals surface area (Å²) in [5.74, 6) is -0.0171. The van der Waals surface area contributed by atoms with Crippen molar-refractivity contribution in [3.63, 3.8) is 0 Å². The monoisotopic (exact) mass is 530 g/mol. The molecule has 10 heteroatoms. The summed E-state index contributed by atoms with van der Waals surface area (Å²) in [7, 11) is 1.47. The van der Waals surface area contributed by atoms with E-state index in [-0.39, 0.29) is 43.4 Å². The molecular weight excluding hydrogens is 504 g/mol. The number of aromatic nitrogens is 1. The molecule has 4 rings (SSSR count). The maximum atomic E-state index is 14.7. The molecule has 3 aromatic rings. The first kappa shape index (κ1) is 27.4. The van der Waals surface area contributed by atoms with Crippen LogP contribution >= 0.6 is 0 Å². The van der Waals surface area contributed by atoms with Gasteiger partial charge in [-0.1, -0.05) is 11.8 Å². The number of hydrogen-bond acceptors (Lipinski definition) is 5. The molecule has 1 fully saturated rings. The molecule has 0 bridgehead atoms. The molecule has 0 aliphatic carbocycles. The number of carboxylic acids is 1. The number of halogens is 4. The van der Waals surface area contributed by atoms with Crippen LogP contribution in [0, 0.1) is 40.5 Å². The van der Waals surface area contributed by atoms with Gasteiger partial charge in [0.15, 0.2) is 17.5 Å². The molecule has 0 saturated carbocycles. The molecule has 1 atom stereocenters. The number of aliphatic carboxylic acids is 1. The number of fused-ring (bicyclic) bond motifs is 1. The second-order valence-electron chi connectivity index (χ2n) is 9.37. The maximum Gasteiger partial charge on any atom is 0.309 e. The van der Waals surface area contributed by atoms with E-state index in [1.54, 1.807) is 18.2 Å². The number of pyridine rings is 1. The van der Waals surface area contributed by atoms with Crippen molar-refractivity contribution in [2.24, 2.45) is 5.41 Å². The Hall–Kier alpha value is -3.68. The number of carboxylic acid groups (broad SMARTS) is 1. The van der Waals surface area contributed by atoms with Gasteiger partial charge < -0.3 is 14.9 Å². The highest BCUT2D eigenvalue weighted by molar-refractivity contribution is 5.84. The minimum atomic E-state index is -1.55. The van der Waals surface area contributed by atoms with Crippen molar-refractivity contribution in [2.75, 3.05) is 26.7 Å². The zero-order valence-electron chi connectivity index (χ0n) is 20.6. The van der Waals surface area contributed by atoms with Crippen LogP contribution in [0.25, 0.3) is 10.9 Å². The van der Waals surface area contributed by atoms with Crippen molar-refractivity contribution in [1.29, 1.82) is 0 Å². The molecule has 2 aromatic carbocycles. The van der Waals surface area contributed by atoms with E-state index >= 15 is 0 Å². The van der Waals surface area contributed by atoms with Gasteiger partial charge in [0.1, 0.15) is 11.6 Å². The number of aliphatic hydroxyl groups is 1. The third-order valence-corrected chi connectivity index (χ3v) is 7.08. The van der Waals surface area contributed by atoms with E-state index in [2.05, 4.69) is 16.8 Å². The minimum Gasteiger partial charge on any atom is -0.497 e. The Labute approximate surface area is 216 Å². The van der Waals surface area contributed by atoms with E-state index in [0.29, 0.717) is 29.7 Å². The molecule has 38 heavy (non-hydrogen) atoms. The topological polar surface area (TPSA) is 82.9 Å². The number of aliphatic hydroxyl groups excluding tert-OH is 1. The molecule has 1 aliphatic heterocycles. The fourth-order valence-corrected chi connectivity index (χ4v) is 4.78. The lowest BCUT2D eigenvalue weighted by molar-refractivity contribution is -0.153. The number of likely N-dealkylation sites (tertiary alicyclic amines) is 1. The Morgan fingerprint density at radius 1 is 1.13 bits per heavy atom. The van der Waals surface area contributed by atoms with Gasteiger partial charge in [-0.15, -0.1) is 0 Å². The molecule has 0 spiro atoms. The first-order valence-corrected chi connectivity index (χ1v) is 12.0. The normalized spacial score (nSPS) is 16.1. The second-order valence-corrected chi connectivity index (χ2v) is 9.37. The van der Waals surface area contributed by atoms with Gasteiger partial charge >= 0.3 is 5.97 Å². The SMILES string of the molecule is COc1ccc2ncc(F)c([C@@H](O)CCC3(C(=O)O)CCN(CC#Cc4cc(F)c(F)c(F)c4)CC3)c2c1. The van der Waals surface area contributed by atoms with Crippen molar-refractivity contribution >= 4 is 16.9 Å². The molecule has 1 aromatic heterocycles. The van der Waals surface area contributed by atoms with E-state index in [1.165, 1.54) is 7.11 Å². The van der Waals surface area contributed by atoms with Gasteiger partial charge in [0.25, 0.3) is 0 Å². The van der Waals surface area contributed by atoms with Crippen LogP contribution < -0.4 is 4.74 Å². The lowest BCUT2D eigenvalue weighted by Crippen LogP contribution is -2.44. The third kappa shape index (κ3) is 5.74. The molecule has 1 saturated heterocycles. The number of hydrogen-bond donors (Lipinski definition) is 2. The predicted molar refractivity (Wildman–Crippen MR) is 131 cm³/mol. The largest absolute Gasteiger partial charge is 0.497 e. The Morgan fingerprint density at radius 2 is 1.82 bits per heavy atom. The average Bonchev–Trinajstić information content (AvgIpc) is 2.90. The summed E-state index contributed by atoms with van der Waals surface area (Å²) in [6.07, 6.45) is 0.512. The Bertz CT molecular complexity index is 1390. The molecule has 0 amide bonds. The first-order valence-electron chi connectivity index (χ1n) is 12.0. The lowest BCUT2D eigenvalue weighted by atomic mass is 9.74. The Kier molecular flexibility index (Phi) is 8.19. The van der Waals surface area contributed by atoms with Crippen LogP contribution in [0.15, 0.2) is 36.5 Å². The molecule has 1 aliphatic rings. The van der Waals surface area contributed by atoms with Crippen LogP contribution in [-0.4, -0.2) is 52.8 Å². The van der Waals surface area contributed by atoms with Crippen LogP contribution in [0.4, 0.5) is 17.6 Å². The first-order chi connectivity index (χ1) is 18.1. The second kappa shape index (κ2) is 11.4. The van der Waals surface area contributed by atoms with Crippen LogP contribution in [-0.2, 0) is 4.79 Å². The summed E-state index contributed by atoms with van der Waals surface area (Å²) < 4.78 is 59.7. The summed E-state index contributed by atoms with van der Waals surface area (Å²) >= 11 is 0. The van der Waals surface area contributed by atoms with Crippen molar-refractivity contribution in [2.45, 2.75) is 31.8 Å². The van der Waals surface area contributed by atoms with E-state index in [4.69, 9.17) is 4.74 Å². The van der Waals surface area contributed by atoms with Gasteiger partial charge in [0.2, 0.25) is 0 Å². The van der Waals surface area contributed by atoms with Crippen molar-refractivity contribution in [1.82, 2.24) is 9.88 Å². The van der Waals surface area contributed by atoms with Crippen LogP contribution in [0.5, 0.6) is 5.75 Å². The van der Waals surface area contributed by atoms with Crippen LogP contribution in [0.2, 0.25) is 0 Å². The van der Waals surface area contributed by atoms with Gasteiger partial charge in [0.05, 0.1) is 36.9 Å². The van der Waals surface area contributed by atoms with E-state index < -0.39 is 40.8 Å². The lowest BCUT2D eigenvalue weighted by Gasteiger charge is -2.38. The van der Waals surface area contributed by atoms with Crippen LogP contribution in [0.3, 0.4) is 0 Å². The highest BCUT2D eigenvalue weighted by Gasteiger charge is 2.41. The molecule has 6 nitrogen and oxygen atoms in total. The Morgan fingerprint density at radius 3 is 2.45 bits per heavy atom. The Balaban J connectivity index is 1.41. The molecular formula is C28H26F4N2O4. The fourth-order valence-electron chi connectivity index (χ4n) is 4.78. The predicted octanol–water partition coefficient (Wildman–Crippen LogP) is 4.83. The van der Waals surface area contributed by atoms with Crippen LogP contribution in [0.1, 0.15) is 42.9 Å². The summed E-state index contributed by atoms with van der Waals surface area (Å²) in [5, 5.41) is 21.3. The number of nitrogens with zero attached hydrogens (tertiary/aromatic N) is 2. The van der Waals surface area contributed by atoms with E-state index in [9.17, 15) is 32.6 Å². The number of rotatable bonds is 7.